The van der Waals surface area contributed by atoms with E-state index in [1.807, 2.05) is 11.3 Å². The van der Waals surface area contributed by atoms with Crippen LogP contribution in [0.5, 0.6) is 0 Å². The number of anilines is 1. The summed E-state index contributed by atoms with van der Waals surface area (Å²) in [5.41, 5.74) is 1.22. The van der Waals surface area contributed by atoms with Gasteiger partial charge in [0.05, 0.1) is 5.69 Å². The summed E-state index contributed by atoms with van der Waals surface area (Å²) in [7, 11) is 0. The maximum absolute atomic E-state index is 4.78. The monoisotopic (exact) mass is 265 g/mol. The fraction of sp³-hybridized carbons (Fsp3) is 0.786. The quantitative estimate of drug-likeness (QED) is 0.907. The van der Waals surface area contributed by atoms with E-state index in [1.54, 1.807) is 0 Å². The molecule has 4 heteroatoms. The van der Waals surface area contributed by atoms with Crippen molar-refractivity contribution in [3.8, 4) is 0 Å². The molecule has 0 amide bonds. The van der Waals surface area contributed by atoms with Gasteiger partial charge in [-0.15, -0.1) is 11.3 Å². The van der Waals surface area contributed by atoms with E-state index in [9.17, 15) is 0 Å². The van der Waals surface area contributed by atoms with Gasteiger partial charge >= 0.3 is 0 Å². The first-order valence-electron chi connectivity index (χ1n) is 7.10. The molecule has 2 unspecified atom stereocenters. The van der Waals surface area contributed by atoms with Crippen molar-refractivity contribution in [3.05, 3.63) is 10.6 Å². The SMILES string of the molecule is Cc1nc(N2CC(C)CC2C)sc1CNC1CC1. The molecule has 18 heavy (non-hydrogen) atoms. The van der Waals surface area contributed by atoms with Crippen LogP contribution >= 0.6 is 11.3 Å². The molecule has 2 fully saturated rings. The number of rotatable bonds is 4. The number of hydrogen-bond acceptors (Lipinski definition) is 4. The van der Waals surface area contributed by atoms with Gasteiger partial charge in [-0.1, -0.05) is 6.92 Å². The van der Waals surface area contributed by atoms with Crippen LogP contribution in [0.1, 0.15) is 43.7 Å². The van der Waals surface area contributed by atoms with Crippen LogP contribution in [0, 0.1) is 12.8 Å². The third-order valence-corrected chi connectivity index (χ3v) is 5.23. The summed E-state index contributed by atoms with van der Waals surface area (Å²) < 4.78 is 0. The van der Waals surface area contributed by atoms with E-state index < -0.39 is 0 Å². The lowest BCUT2D eigenvalue weighted by molar-refractivity contribution is 0.625. The number of hydrogen-bond donors (Lipinski definition) is 1. The first kappa shape index (κ1) is 12.4. The van der Waals surface area contributed by atoms with Crippen molar-refractivity contribution >= 4 is 16.5 Å². The number of thiazole rings is 1. The molecular weight excluding hydrogens is 242 g/mol. The molecule has 2 aliphatic rings. The molecule has 1 aromatic rings. The summed E-state index contributed by atoms with van der Waals surface area (Å²) in [6, 6.07) is 1.43. The molecule has 2 heterocycles. The topological polar surface area (TPSA) is 28.2 Å². The van der Waals surface area contributed by atoms with E-state index in [0.29, 0.717) is 6.04 Å². The van der Waals surface area contributed by atoms with Gasteiger partial charge in [0.1, 0.15) is 0 Å². The summed E-state index contributed by atoms with van der Waals surface area (Å²) in [4.78, 5) is 8.69. The van der Waals surface area contributed by atoms with Crippen LogP contribution in [0.15, 0.2) is 0 Å². The number of aromatic nitrogens is 1. The first-order valence-corrected chi connectivity index (χ1v) is 7.91. The molecule has 0 spiro atoms. The summed E-state index contributed by atoms with van der Waals surface area (Å²) in [6.07, 6.45) is 4.01. The predicted molar refractivity (Wildman–Crippen MR) is 77.3 cm³/mol. The lowest BCUT2D eigenvalue weighted by Crippen LogP contribution is -2.26. The van der Waals surface area contributed by atoms with Gasteiger partial charge in [-0.2, -0.15) is 0 Å². The fourth-order valence-electron chi connectivity index (χ4n) is 2.79. The van der Waals surface area contributed by atoms with Crippen molar-refractivity contribution in [3.63, 3.8) is 0 Å². The molecule has 1 saturated heterocycles. The fourth-order valence-corrected chi connectivity index (χ4v) is 3.91. The van der Waals surface area contributed by atoms with Gasteiger partial charge < -0.3 is 10.2 Å². The molecule has 0 aromatic carbocycles. The van der Waals surface area contributed by atoms with Crippen LogP contribution < -0.4 is 10.2 Å². The highest BCUT2D eigenvalue weighted by molar-refractivity contribution is 7.15. The summed E-state index contributed by atoms with van der Waals surface area (Å²) >= 11 is 1.88. The molecule has 1 N–H and O–H groups in total. The van der Waals surface area contributed by atoms with Crippen LogP contribution in [-0.4, -0.2) is 23.6 Å². The minimum atomic E-state index is 0.648. The second kappa shape index (κ2) is 4.82. The minimum absolute atomic E-state index is 0.648. The lowest BCUT2D eigenvalue weighted by atomic mass is 10.1. The van der Waals surface area contributed by atoms with E-state index in [2.05, 4.69) is 31.0 Å². The first-order chi connectivity index (χ1) is 8.63. The Labute approximate surface area is 114 Å². The third kappa shape index (κ3) is 2.54. The zero-order valence-corrected chi connectivity index (χ0v) is 12.4. The maximum atomic E-state index is 4.78. The van der Waals surface area contributed by atoms with E-state index in [1.165, 1.54) is 41.5 Å². The predicted octanol–water partition coefficient (Wildman–Crippen LogP) is 2.94. The molecule has 1 aliphatic heterocycles. The van der Waals surface area contributed by atoms with Gasteiger partial charge in [0.25, 0.3) is 0 Å². The van der Waals surface area contributed by atoms with E-state index in [0.717, 1.165) is 18.5 Å². The van der Waals surface area contributed by atoms with E-state index in [4.69, 9.17) is 4.98 Å². The molecule has 1 saturated carbocycles. The summed E-state index contributed by atoms with van der Waals surface area (Å²) in [5.74, 6) is 0.803. The van der Waals surface area contributed by atoms with Crippen molar-refractivity contribution < 1.29 is 0 Å². The number of nitrogens with zero attached hydrogens (tertiary/aromatic N) is 2. The average Bonchev–Trinajstić information content (AvgIpc) is 2.99. The van der Waals surface area contributed by atoms with Gasteiger partial charge in [-0.3, -0.25) is 0 Å². The summed E-state index contributed by atoms with van der Waals surface area (Å²) in [5, 5.41) is 4.82. The lowest BCUT2D eigenvalue weighted by Gasteiger charge is -2.19. The molecule has 100 valence electrons. The maximum Gasteiger partial charge on any atom is 0.186 e. The molecule has 3 nitrogen and oxygen atoms in total. The van der Waals surface area contributed by atoms with Crippen LogP contribution in [0.2, 0.25) is 0 Å². The smallest absolute Gasteiger partial charge is 0.186 e. The van der Waals surface area contributed by atoms with Gasteiger partial charge in [0.2, 0.25) is 0 Å². The normalized spacial score (nSPS) is 28.1. The zero-order valence-electron chi connectivity index (χ0n) is 11.6. The van der Waals surface area contributed by atoms with Gasteiger partial charge in [0.15, 0.2) is 5.13 Å². The van der Waals surface area contributed by atoms with Gasteiger partial charge in [-0.25, -0.2) is 4.98 Å². The minimum Gasteiger partial charge on any atom is -0.345 e. The Kier molecular flexibility index (Phi) is 3.32. The third-order valence-electron chi connectivity index (χ3n) is 4.04. The molecule has 0 radical (unpaired) electrons. The second-order valence-corrected chi connectivity index (χ2v) is 7.06. The van der Waals surface area contributed by atoms with Crippen molar-refractivity contribution in [2.45, 2.75) is 58.7 Å². The van der Waals surface area contributed by atoms with Crippen LogP contribution in [0.25, 0.3) is 0 Å². The zero-order chi connectivity index (χ0) is 12.7. The van der Waals surface area contributed by atoms with E-state index in [-0.39, 0.29) is 0 Å². The van der Waals surface area contributed by atoms with Crippen molar-refractivity contribution in [2.75, 3.05) is 11.4 Å². The van der Waals surface area contributed by atoms with Crippen LogP contribution in [-0.2, 0) is 6.54 Å². The Morgan fingerprint density at radius 1 is 1.39 bits per heavy atom. The number of aryl methyl sites for hydroxylation is 1. The molecule has 3 rings (SSSR count). The van der Waals surface area contributed by atoms with Gasteiger partial charge in [-0.05, 0) is 39.0 Å². The van der Waals surface area contributed by atoms with Crippen molar-refractivity contribution in [2.24, 2.45) is 5.92 Å². The average molecular weight is 265 g/mol. The summed E-state index contributed by atoms with van der Waals surface area (Å²) in [6.45, 7) is 8.98. The Morgan fingerprint density at radius 2 is 2.17 bits per heavy atom. The standard InChI is InChI=1S/C14H23N3S/c1-9-6-10(2)17(8-9)14-16-11(3)13(18-14)7-15-12-4-5-12/h9-10,12,15H,4-8H2,1-3H3. The van der Waals surface area contributed by atoms with Gasteiger partial charge in [0, 0.05) is 30.1 Å². The Balaban J connectivity index is 1.70. The second-order valence-electron chi connectivity index (χ2n) is 6.00. The highest BCUT2D eigenvalue weighted by Gasteiger charge is 2.29. The number of nitrogens with one attached hydrogen (secondary N) is 1. The van der Waals surface area contributed by atoms with Crippen molar-refractivity contribution in [1.82, 2.24) is 10.3 Å². The molecule has 1 aliphatic carbocycles. The molecule has 0 bridgehead atoms. The molecule has 1 aromatic heterocycles. The highest BCUT2D eigenvalue weighted by Crippen LogP contribution is 2.33. The molecular formula is C14H23N3S. The van der Waals surface area contributed by atoms with E-state index >= 15 is 0 Å². The Morgan fingerprint density at radius 3 is 2.78 bits per heavy atom. The largest absolute Gasteiger partial charge is 0.345 e. The van der Waals surface area contributed by atoms with Crippen LogP contribution in [0.4, 0.5) is 5.13 Å². The Hall–Kier alpha value is -0.610. The highest BCUT2D eigenvalue weighted by atomic mass is 32.1. The Bertz CT molecular complexity index is 425. The molecule has 2 atom stereocenters. The van der Waals surface area contributed by atoms with Crippen LogP contribution in [0.3, 0.4) is 0 Å². The van der Waals surface area contributed by atoms with Crippen molar-refractivity contribution in [1.29, 1.82) is 0 Å².